The number of guanidine groups is 1. The van der Waals surface area contributed by atoms with Crippen molar-refractivity contribution in [3.8, 4) is 11.5 Å². The number of carbonyl (C=O) groups is 1. The predicted octanol–water partition coefficient (Wildman–Crippen LogP) is 3.00. The maximum atomic E-state index is 11.3. The summed E-state index contributed by atoms with van der Waals surface area (Å²) in [5.41, 5.74) is 7.52. The smallest absolute Gasteiger partial charge is 0.248 e. The summed E-state index contributed by atoms with van der Waals surface area (Å²) in [5, 5.41) is 6.38. The number of aliphatic imine (C=N–C) groups is 1. The molecule has 0 heterocycles. The number of carbonyl (C=O) groups excluding carboxylic acids is 1. The number of hydrogen-bond donors (Lipinski definition) is 3. The fourth-order valence-electron chi connectivity index (χ4n) is 2.36. The average molecular weight is 484 g/mol. The molecule has 0 bridgehead atoms. The maximum Gasteiger partial charge on any atom is 0.248 e. The second-order valence-electron chi connectivity index (χ2n) is 5.41. The number of halogens is 1. The van der Waals surface area contributed by atoms with E-state index in [1.807, 2.05) is 31.2 Å². The van der Waals surface area contributed by atoms with Gasteiger partial charge in [-0.3, -0.25) is 9.79 Å². The van der Waals surface area contributed by atoms with Crippen molar-refractivity contribution in [1.82, 2.24) is 5.32 Å². The van der Waals surface area contributed by atoms with Gasteiger partial charge in [-0.1, -0.05) is 12.1 Å². The van der Waals surface area contributed by atoms with E-state index in [1.54, 1.807) is 32.4 Å². The highest BCUT2D eigenvalue weighted by molar-refractivity contribution is 14.0. The average Bonchev–Trinajstić information content (AvgIpc) is 2.66. The third-order valence-corrected chi connectivity index (χ3v) is 3.62. The molecule has 2 rings (SSSR count). The molecule has 0 aromatic heterocycles. The first kappa shape index (κ1) is 22.6. The van der Waals surface area contributed by atoms with Crippen molar-refractivity contribution >= 4 is 41.5 Å². The molecule has 8 heteroatoms. The fourth-order valence-corrected chi connectivity index (χ4v) is 2.36. The van der Waals surface area contributed by atoms with E-state index in [0.717, 1.165) is 11.3 Å². The van der Waals surface area contributed by atoms with Crippen molar-refractivity contribution in [3.05, 3.63) is 53.6 Å². The third-order valence-electron chi connectivity index (χ3n) is 3.62. The van der Waals surface area contributed by atoms with Crippen LogP contribution in [-0.2, 0) is 6.54 Å². The molecule has 1 amide bonds. The minimum Gasteiger partial charge on any atom is -0.493 e. The van der Waals surface area contributed by atoms with Gasteiger partial charge in [0.2, 0.25) is 5.91 Å². The molecule has 0 unspecified atom stereocenters. The number of rotatable bonds is 7. The summed E-state index contributed by atoms with van der Waals surface area (Å²) in [6.07, 6.45) is 0. The number of ether oxygens (including phenoxy) is 2. The van der Waals surface area contributed by atoms with Gasteiger partial charge in [-0.2, -0.15) is 0 Å². The Balaban J connectivity index is 0.00000364. The minimum atomic E-state index is -0.448. The predicted molar refractivity (Wildman–Crippen MR) is 118 cm³/mol. The Labute approximate surface area is 176 Å². The van der Waals surface area contributed by atoms with Crippen molar-refractivity contribution in [1.29, 1.82) is 0 Å². The number of benzene rings is 2. The van der Waals surface area contributed by atoms with E-state index >= 15 is 0 Å². The SMILES string of the molecule is CCOc1ccc(NC(=NC)NCc2cccc(C(N)=O)c2)cc1OC.I. The van der Waals surface area contributed by atoms with Gasteiger partial charge in [-0.15, -0.1) is 24.0 Å². The summed E-state index contributed by atoms with van der Waals surface area (Å²) in [4.78, 5) is 15.5. The zero-order chi connectivity index (χ0) is 18.9. The molecule has 0 saturated heterocycles. The van der Waals surface area contributed by atoms with Crippen LogP contribution in [0.15, 0.2) is 47.5 Å². The molecule has 2 aromatic rings. The van der Waals surface area contributed by atoms with Crippen LogP contribution in [0.4, 0.5) is 5.69 Å². The number of nitrogens with two attached hydrogens (primary N) is 1. The highest BCUT2D eigenvalue weighted by atomic mass is 127. The molecule has 7 nitrogen and oxygen atoms in total. The van der Waals surface area contributed by atoms with E-state index in [2.05, 4.69) is 15.6 Å². The number of anilines is 1. The number of nitrogens with one attached hydrogen (secondary N) is 2. The highest BCUT2D eigenvalue weighted by Gasteiger charge is 2.07. The van der Waals surface area contributed by atoms with Crippen LogP contribution < -0.4 is 25.8 Å². The van der Waals surface area contributed by atoms with Crippen LogP contribution in [0, 0.1) is 0 Å². The normalized spacial score (nSPS) is 10.6. The molecule has 0 aliphatic carbocycles. The molecule has 0 aliphatic rings. The van der Waals surface area contributed by atoms with E-state index in [0.29, 0.717) is 36.2 Å². The quantitative estimate of drug-likeness (QED) is 0.319. The topological polar surface area (TPSA) is 98.0 Å². The molecule has 2 aromatic carbocycles. The van der Waals surface area contributed by atoms with Crippen LogP contribution in [0.25, 0.3) is 0 Å². The summed E-state index contributed by atoms with van der Waals surface area (Å²) < 4.78 is 10.9. The third kappa shape index (κ3) is 6.63. The van der Waals surface area contributed by atoms with Crippen molar-refractivity contribution in [2.75, 3.05) is 26.1 Å². The first-order valence-corrected chi connectivity index (χ1v) is 8.24. The Morgan fingerprint density at radius 1 is 1.19 bits per heavy atom. The van der Waals surface area contributed by atoms with Gasteiger partial charge >= 0.3 is 0 Å². The van der Waals surface area contributed by atoms with Gasteiger partial charge in [0.05, 0.1) is 13.7 Å². The number of hydrogen-bond acceptors (Lipinski definition) is 4. The second kappa shape index (κ2) is 11.3. The molecule has 0 saturated carbocycles. The Morgan fingerprint density at radius 2 is 1.96 bits per heavy atom. The van der Waals surface area contributed by atoms with E-state index < -0.39 is 5.91 Å². The monoisotopic (exact) mass is 484 g/mol. The van der Waals surface area contributed by atoms with Crippen LogP contribution in [0.3, 0.4) is 0 Å². The van der Waals surface area contributed by atoms with Gasteiger partial charge in [0.1, 0.15) is 0 Å². The maximum absolute atomic E-state index is 11.3. The molecular formula is C19H25IN4O3. The zero-order valence-corrected chi connectivity index (χ0v) is 17.9. The summed E-state index contributed by atoms with van der Waals surface area (Å²) in [5.74, 6) is 1.46. The Kier molecular flexibility index (Phi) is 9.41. The number of primary amides is 1. The second-order valence-corrected chi connectivity index (χ2v) is 5.41. The van der Waals surface area contributed by atoms with E-state index in [-0.39, 0.29) is 24.0 Å². The minimum absolute atomic E-state index is 0. The molecular weight excluding hydrogens is 459 g/mol. The molecule has 0 radical (unpaired) electrons. The highest BCUT2D eigenvalue weighted by Crippen LogP contribution is 2.30. The van der Waals surface area contributed by atoms with Gasteiger partial charge < -0.3 is 25.8 Å². The van der Waals surface area contributed by atoms with Crippen LogP contribution in [0.5, 0.6) is 11.5 Å². The van der Waals surface area contributed by atoms with Crippen molar-refractivity contribution in [3.63, 3.8) is 0 Å². The molecule has 146 valence electrons. The van der Waals surface area contributed by atoms with E-state index in [4.69, 9.17) is 15.2 Å². The first-order valence-electron chi connectivity index (χ1n) is 8.24. The number of amides is 1. The van der Waals surface area contributed by atoms with Crippen molar-refractivity contribution in [2.24, 2.45) is 10.7 Å². The van der Waals surface area contributed by atoms with Crippen molar-refractivity contribution < 1.29 is 14.3 Å². The Hall–Kier alpha value is -2.49. The first-order chi connectivity index (χ1) is 12.6. The molecule has 4 N–H and O–H groups in total. The Bertz CT molecular complexity index is 796. The van der Waals surface area contributed by atoms with Crippen molar-refractivity contribution in [2.45, 2.75) is 13.5 Å². The largest absolute Gasteiger partial charge is 0.493 e. The van der Waals surface area contributed by atoms with E-state index in [9.17, 15) is 4.79 Å². The number of nitrogens with zero attached hydrogens (tertiary/aromatic N) is 1. The molecule has 0 aliphatic heterocycles. The van der Waals surface area contributed by atoms with Crippen LogP contribution in [0.2, 0.25) is 0 Å². The lowest BCUT2D eigenvalue weighted by molar-refractivity contribution is 0.1000. The lowest BCUT2D eigenvalue weighted by Gasteiger charge is -2.15. The lowest BCUT2D eigenvalue weighted by atomic mass is 10.1. The Morgan fingerprint density at radius 3 is 2.59 bits per heavy atom. The van der Waals surface area contributed by atoms with Gasteiger partial charge in [0.15, 0.2) is 17.5 Å². The van der Waals surface area contributed by atoms with Gasteiger partial charge in [-0.25, -0.2) is 0 Å². The molecule has 0 fully saturated rings. The summed E-state index contributed by atoms with van der Waals surface area (Å²) in [7, 11) is 3.28. The van der Waals surface area contributed by atoms with Gasteiger partial charge in [-0.05, 0) is 36.8 Å². The zero-order valence-electron chi connectivity index (χ0n) is 15.6. The van der Waals surface area contributed by atoms with Crippen LogP contribution >= 0.6 is 24.0 Å². The number of methoxy groups -OCH3 is 1. The standard InChI is InChI=1S/C19H24N4O3.HI/c1-4-26-16-9-8-15(11-17(16)25-3)23-19(21-2)22-12-13-6-5-7-14(10-13)18(20)24;/h5-11H,4,12H2,1-3H3,(H2,20,24)(H2,21,22,23);1H. The van der Waals surface area contributed by atoms with Gasteiger partial charge in [0.25, 0.3) is 0 Å². The summed E-state index contributed by atoms with van der Waals surface area (Å²) in [6, 6.07) is 12.7. The van der Waals surface area contributed by atoms with E-state index in [1.165, 1.54) is 0 Å². The van der Waals surface area contributed by atoms with Crippen LogP contribution in [0.1, 0.15) is 22.8 Å². The van der Waals surface area contributed by atoms with Gasteiger partial charge in [0, 0.05) is 30.9 Å². The molecule has 27 heavy (non-hydrogen) atoms. The molecule has 0 spiro atoms. The fraction of sp³-hybridized carbons (Fsp3) is 0.263. The summed E-state index contributed by atoms with van der Waals surface area (Å²) >= 11 is 0. The molecule has 0 atom stereocenters. The lowest BCUT2D eigenvalue weighted by Crippen LogP contribution is -2.30. The summed E-state index contributed by atoms with van der Waals surface area (Å²) in [6.45, 7) is 2.98. The van der Waals surface area contributed by atoms with Crippen LogP contribution in [-0.4, -0.2) is 32.6 Å².